The Labute approximate surface area is 83.3 Å². The molecule has 1 rings (SSSR count). The van der Waals surface area contributed by atoms with Gasteiger partial charge in [0.05, 0.1) is 13.5 Å². The van der Waals surface area contributed by atoms with Gasteiger partial charge < -0.3 is 4.74 Å². The summed E-state index contributed by atoms with van der Waals surface area (Å²) in [4.78, 5) is 19.1. The van der Waals surface area contributed by atoms with Gasteiger partial charge in [0, 0.05) is 12.4 Å². The highest BCUT2D eigenvalue weighted by Crippen LogP contribution is 2.17. The molecule has 0 amide bonds. The highest BCUT2D eigenvalue weighted by atomic mass is 16.5. The molecular formula is C10H14N2O2. The molecule has 0 N–H and O–H groups in total. The third-order valence-electron chi connectivity index (χ3n) is 2.07. The second-order valence-electron chi connectivity index (χ2n) is 3.24. The predicted molar refractivity (Wildman–Crippen MR) is 51.8 cm³/mol. The van der Waals surface area contributed by atoms with E-state index in [1.54, 1.807) is 12.4 Å². The van der Waals surface area contributed by atoms with Crippen LogP contribution in [0.15, 0.2) is 12.4 Å². The summed E-state index contributed by atoms with van der Waals surface area (Å²) in [6.45, 7) is 3.78. The summed E-state index contributed by atoms with van der Waals surface area (Å²) in [7, 11) is 1.39. The molecule has 76 valence electrons. The molecule has 1 unspecified atom stereocenters. The summed E-state index contributed by atoms with van der Waals surface area (Å²) in [5.74, 6) is 0.625. The molecule has 0 bridgehead atoms. The number of esters is 1. The lowest BCUT2D eigenvalue weighted by molar-refractivity contribution is -0.140. The minimum Gasteiger partial charge on any atom is -0.469 e. The number of rotatable bonds is 3. The largest absolute Gasteiger partial charge is 0.469 e. The summed E-state index contributed by atoms with van der Waals surface area (Å²) in [6.07, 6.45) is 3.86. The minimum atomic E-state index is -0.210. The van der Waals surface area contributed by atoms with Crippen LogP contribution in [-0.4, -0.2) is 23.0 Å². The normalized spacial score (nSPS) is 12.2. The molecule has 4 heteroatoms. The maximum absolute atomic E-state index is 11.0. The Balaban J connectivity index is 2.65. The third-order valence-corrected chi connectivity index (χ3v) is 2.07. The first-order valence-corrected chi connectivity index (χ1v) is 4.49. The molecule has 1 heterocycles. The lowest BCUT2D eigenvalue weighted by Gasteiger charge is -2.08. The Kier molecular flexibility index (Phi) is 3.56. The molecule has 0 spiro atoms. The molecule has 0 saturated carbocycles. The summed E-state index contributed by atoms with van der Waals surface area (Å²) < 4.78 is 4.59. The van der Waals surface area contributed by atoms with E-state index in [-0.39, 0.29) is 11.9 Å². The van der Waals surface area contributed by atoms with Crippen molar-refractivity contribution in [3.8, 4) is 0 Å². The Bertz CT molecular complexity index is 308. The molecule has 0 aromatic carbocycles. The zero-order valence-corrected chi connectivity index (χ0v) is 8.65. The molecule has 0 aliphatic rings. The second-order valence-corrected chi connectivity index (χ2v) is 3.24. The van der Waals surface area contributed by atoms with Gasteiger partial charge in [0.1, 0.15) is 5.82 Å². The SMILES string of the molecule is COC(=O)CC(C)c1cnc(C)nc1. The number of hydrogen-bond acceptors (Lipinski definition) is 4. The first-order valence-electron chi connectivity index (χ1n) is 4.49. The van der Waals surface area contributed by atoms with Gasteiger partial charge in [-0.2, -0.15) is 0 Å². The number of methoxy groups -OCH3 is 1. The highest BCUT2D eigenvalue weighted by Gasteiger charge is 2.11. The lowest BCUT2D eigenvalue weighted by Crippen LogP contribution is -2.06. The molecule has 1 atom stereocenters. The Morgan fingerprint density at radius 2 is 2.07 bits per heavy atom. The van der Waals surface area contributed by atoms with Crippen LogP contribution < -0.4 is 0 Å². The van der Waals surface area contributed by atoms with Crippen LogP contribution in [-0.2, 0) is 9.53 Å². The van der Waals surface area contributed by atoms with Crippen molar-refractivity contribution in [3.05, 3.63) is 23.8 Å². The molecule has 1 aromatic heterocycles. The molecule has 14 heavy (non-hydrogen) atoms. The quantitative estimate of drug-likeness (QED) is 0.683. The van der Waals surface area contributed by atoms with Crippen molar-refractivity contribution in [1.82, 2.24) is 9.97 Å². The zero-order chi connectivity index (χ0) is 10.6. The number of carbonyl (C=O) groups excluding carboxylic acids is 1. The van der Waals surface area contributed by atoms with Crippen LogP contribution >= 0.6 is 0 Å². The maximum atomic E-state index is 11.0. The smallest absolute Gasteiger partial charge is 0.306 e. The average molecular weight is 194 g/mol. The molecule has 4 nitrogen and oxygen atoms in total. The molecule has 0 radical (unpaired) electrons. The predicted octanol–water partition coefficient (Wildman–Crippen LogP) is 1.45. The monoisotopic (exact) mass is 194 g/mol. The van der Waals surface area contributed by atoms with Crippen molar-refractivity contribution in [1.29, 1.82) is 0 Å². The van der Waals surface area contributed by atoms with Gasteiger partial charge in [-0.1, -0.05) is 6.92 Å². The molecular weight excluding hydrogens is 180 g/mol. The van der Waals surface area contributed by atoms with Crippen LogP contribution in [0.5, 0.6) is 0 Å². The summed E-state index contributed by atoms with van der Waals surface area (Å²) in [5, 5.41) is 0. The Morgan fingerprint density at radius 1 is 1.50 bits per heavy atom. The lowest BCUT2D eigenvalue weighted by atomic mass is 10.0. The Hall–Kier alpha value is -1.45. The van der Waals surface area contributed by atoms with E-state index < -0.39 is 0 Å². The molecule has 1 aromatic rings. The van der Waals surface area contributed by atoms with Crippen LogP contribution in [0.4, 0.5) is 0 Å². The number of ether oxygens (including phenoxy) is 1. The zero-order valence-electron chi connectivity index (χ0n) is 8.65. The number of nitrogens with zero attached hydrogens (tertiary/aromatic N) is 2. The summed E-state index contributed by atoms with van der Waals surface area (Å²) in [5.41, 5.74) is 0.959. The fourth-order valence-corrected chi connectivity index (χ4v) is 1.11. The van der Waals surface area contributed by atoms with Crippen molar-refractivity contribution in [2.45, 2.75) is 26.2 Å². The van der Waals surface area contributed by atoms with Crippen molar-refractivity contribution in [2.75, 3.05) is 7.11 Å². The third kappa shape index (κ3) is 2.80. The van der Waals surface area contributed by atoms with E-state index in [9.17, 15) is 4.79 Å². The maximum Gasteiger partial charge on any atom is 0.306 e. The van der Waals surface area contributed by atoms with Crippen LogP contribution in [0.25, 0.3) is 0 Å². The summed E-state index contributed by atoms with van der Waals surface area (Å²) in [6, 6.07) is 0. The number of aromatic nitrogens is 2. The molecule has 0 fully saturated rings. The molecule has 0 aliphatic carbocycles. The van der Waals surface area contributed by atoms with Crippen molar-refractivity contribution in [2.24, 2.45) is 0 Å². The highest BCUT2D eigenvalue weighted by molar-refractivity contribution is 5.70. The van der Waals surface area contributed by atoms with Crippen LogP contribution in [0.1, 0.15) is 30.7 Å². The van der Waals surface area contributed by atoms with E-state index in [2.05, 4.69) is 14.7 Å². The van der Waals surface area contributed by atoms with Crippen molar-refractivity contribution >= 4 is 5.97 Å². The van der Waals surface area contributed by atoms with Gasteiger partial charge in [0.25, 0.3) is 0 Å². The van der Waals surface area contributed by atoms with Crippen LogP contribution in [0.2, 0.25) is 0 Å². The van der Waals surface area contributed by atoms with Crippen molar-refractivity contribution in [3.63, 3.8) is 0 Å². The van der Waals surface area contributed by atoms with E-state index in [4.69, 9.17) is 0 Å². The number of hydrogen-bond donors (Lipinski definition) is 0. The fourth-order valence-electron chi connectivity index (χ4n) is 1.11. The fraction of sp³-hybridized carbons (Fsp3) is 0.500. The second kappa shape index (κ2) is 4.69. The van der Waals surface area contributed by atoms with Crippen LogP contribution in [0.3, 0.4) is 0 Å². The van der Waals surface area contributed by atoms with E-state index in [1.807, 2.05) is 13.8 Å². The van der Waals surface area contributed by atoms with E-state index in [0.29, 0.717) is 6.42 Å². The topological polar surface area (TPSA) is 52.1 Å². The Morgan fingerprint density at radius 3 is 2.57 bits per heavy atom. The first-order chi connectivity index (χ1) is 6.63. The average Bonchev–Trinajstić information content (AvgIpc) is 2.18. The standard InChI is InChI=1S/C10H14N2O2/c1-7(4-10(13)14-3)9-5-11-8(2)12-6-9/h5-7H,4H2,1-3H3. The van der Waals surface area contributed by atoms with E-state index in [0.717, 1.165) is 11.4 Å². The van der Waals surface area contributed by atoms with Crippen molar-refractivity contribution < 1.29 is 9.53 Å². The van der Waals surface area contributed by atoms with E-state index >= 15 is 0 Å². The minimum absolute atomic E-state index is 0.100. The number of carbonyl (C=O) groups is 1. The van der Waals surface area contributed by atoms with Crippen LogP contribution in [0, 0.1) is 6.92 Å². The molecule has 0 saturated heterocycles. The van der Waals surface area contributed by atoms with Gasteiger partial charge in [0.15, 0.2) is 0 Å². The number of aryl methyl sites for hydroxylation is 1. The van der Waals surface area contributed by atoms with Gasteiger partial charge >= 0.3 is 5.97 Å². The van der Waals surface area contributed by atoms with E-state index in [1.165, 1.54) is 7.11 Å². The van der Waals surface area contributed by atoms with Gasteiger partial charge in [-0.25, -0.2) is 9.97 Å². The van der Waals surface area contributed by atoms with Gasteiger partial charge in [-0.05, 0) is 18.4 Å². The van der Waals surface area contributed by atoms with Gasteiger partial charge in [0.2, 0.25) is 0 Å². The first kappa shape index (κ1) is 10.6. The van der Waals surface area contributed by atoms with Gasteiger partial charge in [-0.3, -0.25) is 4.79 Å². The summed E-state index contributed by atoms with van der Waals surface area (Å²) >= 11 is 0. The molecule has 0 aliphatic heterocycles. The van der Waals surface area contributed by atoms with Gasteiger partial charge in [-0.15, -0.1) is 0 Å².